The van der Waals surface area contributed by atoms with Crippen LogP contribution in [0.5, 0.6) is 0 Å². The molecule has 0 saturated heterocycles. The molecule has 3 atom stereocenters. The molecule has 1 aliphatic carbocycles. The maximum Gasteiger partial charge on any atom is 0.407 e. The van der Waals surface area contributed by atoms with Gasteiger partial charge in [-0.15, -0.1) is 22.7 Å². The number of alkyl carbamates (subject to hydrolysis) is 1. The van der Waals surface area contributed by atoms with Crippen LogP contribution < -0.4 is 16.0 Å². The number of hydrogen-bond donors (Lipinski definition) is 3. The van der Waals surface area contributed by atoms with Crippen LogP contribution in [-0.4, -0.2) is 52.0 Å². The number of carbonyl (C=O) groups is 4. The second kappa shape index (κ2) is 15.7. The number of fused-ring (bicyclic) bond motifs is 3. The molecule has 0 radical (unpaired) electrons. The molecule has 3 heterocycles. The lowest BCUT2D eigenvalue weighted by atomic mass is 9.98. The van der Waals surface area contributed by atoms with Crippen LogP contribution in [0.3, 0.4) is 0 Å². The fourth-order valence-corrected chi connectivity index (χ4v) is 7.33. The van der Waals surface area contributed by atoms with Gasteiger partial charge < -0.3 is 29.8 Å². The van der Waals surface area contributed by atoms with Crippen molar-refractivity contribution in [2.45, 2.75) is 51.7 Å². The molecule has 52 heavy (non-hydrogen) atoms. The zero-order valence-corrected chi connectivity index (χ0v) is 30.4. The van der Waals surface area contributed by atoms with Gasteiger partial charge in [-0.25, -0.2) is 24.5 Å². The topological polar surface area (TPSA) is 175 Å². The van der Waals surface area contributed by atoms with E-state index in [0.29, 0.717) is 10.0 Å². The smallest absolute Gasteiger partial charge is 0.407 e. The van der Waals surface area contributed by atoms with E-state index in [1.807, 2.05) is 36.4 Å². The fraction of sp³-hybridized carbons (Fsp3) is 0.270. The van der Waals surface area contributed by atoms with Crippen LogP contribution in [0.15, 0.2) is 76.4 Å². The van der Waals surface area contributed by atoms with Gasteiger partial charge in [0.15, 0.2) is 11.4 Å². The Morgan fingerprint density at radius 3 is 2.02 bits per heavy atom. The minimum atomic E-state index is -0.683. The van der Waals surface area contributed by atoms with Crippen molar-refractivity contribution in [1.82, 2.24) is 30.9 Å². The summed E-state index contributed by atoms with van der Waals surface area (Å²) >= 11 is 2.44. The average Bonchev–Trinajstić information content (AvgIpc) is 3.95. The monoisotopic (exact) mass is 740 g/mol. The van der Waals surface area contributed by atoms with Crippen LogP contribution in [0.4, 0.5) is 4.79 Å². The van der Waals surface area contributed by atoms with Crippen LogP contribution in [0, 0.1) is 6.92 Å². The van der Waals surface area contributed by atoms with Crippen molar-refractivity contribution >= 4 is 46.6 Å². The summed E-state index contributed by atoms with van der Waals surface area (Å²) in [5.74, 6) is -1.18. The van der Waals surface area contributed by atoms with Crippen molar-refractivity contribution < 1.29 is 33.1 Å². The number of thiazole rings is 2. The van der Waals surface area contributed by atoms with Crippen LogP contribution >= 0.6 is 22.7 Å². The van der Waals surface area contributed by atoms with Crippen LogP contribution in [0.2, 0.25) is 0 Å². The molecule has 13 nitrogen and oxygen atoms in total. The number of rotatable bonds is 13. The maximum atomic E-state index is 13.2. The lowest BCUT2D eigenvalue weighted by Crippen LogP contribution is -2.30. The summed E-state index contributed by atoms with van der Waals surface area (Å²) in [6, 6.07) is 14.4. The fourth-order valence-electron chi connectivity index (χ4n) is 5.73. The second-order valence-corrected chi connectivity index (χ2v) is 13.8. The molecule has 3 aromatic heterocycles. The minimum Gasteiger partial charge on any atom is -0.457 e. The molecular formula is C37H36N6O7S2. The Labute approximate surface area is 307 Å². The molecule has 1 aliphatic rings. The van der Waals surface area contributed by atoms with Gasteiger partial charge in [-0.3, -0.25) is 9.59 Å². The molecular weight excluding hydrogens is 705 g/mol. The molecule has 0 spiro atoms. The largest absolute Gasteiger partial charge is 0.457 e. The Morgan fingerprint density at radius 1 is 0.808 bits per heavy atom. The average molecular weight is 741 g/mol. The third kappa shape index (κ3) is 7.80. The molecule has 0 bridgehead atoms. The third-order valence-corrected chi connectivity index (χ3v) is 10.4. The summed E-state index contributed by atoms with van der Waals surface area (Å²) in [4.78, 5) is 64.1. The number of nitrogens with one attached hydrogen (secondary N) is 3. The van der Waals surface area contributed by atoms with Crippen LogP contribution in [0.1, 0.15) is 109 Å². The lowest BCUT2D eigenvalue weighted by Gasteiger charge is -2.16. The first kappa shape index (κ1) is 36.1. The maximum absolute atomic E-state index is 13.2. The predicted molar refractivity (Wildman–Crippen MR) is 194 cm³/mol. The summed E-state index contributed by atoms with van der Waals surface area (Å²) in [6.07, 6.45) is 0.828. The highest BCUT2D eigenvalue weighted by molar-refractivity contribution is 7.10. The molecule has 0 aliphatic heterocycles. The molecule has 2 aromatic carbocycles. The molecule has 1 unspecified atom stereocenters. The van der Waals surface area contributed by atoms with E-state index in [1.54, 1.807) is 38.5 Å². The number of aryl methyl sites for hydroxylation is 1. The number of amides is 3. The first-order chi connectivity index (χ1) is 25.0. The summed E-state index contributed by atoms with van der Waals surface area (Å²) in [5, 5.41) is 12.6. The number of benzene rings is 2. The quantitative estimate of drug-likeness (QED) is 0.0858. The van der Waals surface area contributed by atoms with Gasteiger partial charge in [0.25, 0.3) is 11.8 Å². The van der Waals surface area contributed by atoms with Gasteiger partial charge >= 0.3 is 12.1 Å². The summed E-state index contributed by atoms with van der Waals surface area (Å²) < 4.78 is 16.4. The molecule has 0 fully saturated rings. The van der Waals surface area contributed by atoms with E-state index >= 15 is 0 Å². The second-order valence-electron chi connectivity index (χ2n) is 12.1. The molecule has 3 amide bonds. The Hall–Kier alpha value is -5.67. The number of hydrogen-bond acceptors (Lipinski definition) is 12. The highest BCUT2D eigenvalue weighted by Gasteiger charge is 2.30. The van der Waals surface area contributed by atoms with Gasteiger partial charge in [-0.2, -0.15) is 0 Å². The van der Waals surface area contributed by atoms with Gasteiger partial charge in [0, 0.05) is 16.7 Å². The number of ether oxygens (including phenoxy) is 2. The molecule has 6 rings (SSSR count). The zero-order chi connectivity index (χ0) is 36.9. The molecule has 0 saturated carbocycles. The lowest BCUT2D eigenvalue weighted by molar-refractivity contribution is 0.0543. The van der Waals surface area contributed by atoms with E-state index in [0.717, 1.165) is 22.3 Å². The first-order valence-electron chi connectivity index (χ1n) is 16.4. The van der Waals surface area contributed by atoms with E-state index < -0.39 is 42.0 Å². The number of carbonyl (C=O) groups excluding carboxylic acids is 4. The normalized spacial score (nSPS) is 13.6. The molecule has 268 valence electrons. The molecule has 5 aromatic rings. The first-order valence-corrected chi connectivity index (χ1v) is 18.2. The standard InChI is InChI=1S/C37H36N6O7S2/c1-6-15-48-36(46)29-18-52-35(42-29)20(3)38-31(44)28-17-51-34(41-28)21(4)39-32(45)30-22(5)50-33(43-30)19(2)40-37(47)49-16-27-25-13-9-7-11-23(25)24-12-8-10-14-26(24)27/h6-14,17-21,27H,1,15-16H2,2-5H3,(H,38,44)(H,39,45)(H,40,47)/t19?,20-,21-/m1/s1. The highest BCUT2D eigenvalue weighted by Crippen LogP contribution is 2.44. The third-order valence-electron chi connectivity index (χ3n) is 8.33. The van der Waals surface area contributed by atoms with Gasteiger partial charge in [0.2, 0.25) is 5.89 Å². The predicted octanol–water partition coefficient (Wildman–Crippen LogP) is 6.82. The van der Waals surface area contributed by atoms with Crippen molar-refractivity contribution in [3.05, 3.63) is 122 Å². The number of oxazole rings is 1. The van der Waals surface area contributed by atoms with Gasteiger partial charge in [0.1, 0.15) is 40.7 Å². The van der Waals surface area contributed by atoms with E-state index in [1.165, 1.54) is 28.7 Å². The number of nitrogens with zero attached hydrogens (tertiary/aromatic N) is 3. The van der Waals surface area contributed by atoms with Gasteiger partial charge in [-0.1, -0.05) is 61.2 Å². The number of aromatic nitrogens is 3. The van der Waals surface area contributed by atoms with E-state index in [9.17, 15) is 19.2 Å². The minimum absolute atomic E-state index is 0.0579. The summed E-state index contributed by atoms with van der Waals surface area (Å²) in [5.41, 5.74) is 4.86. The van der Waals surface area contributed by atoms with Gasteiger partial charge in [0.05, 0.1) is 12.1 Å². The van der Waals surface area contributed by atoms with Crippen LogP contribution in [0.25, 0.3) is 11.1 Å². The molecule has 3 N–H and O–H groups in total. The molecule has 15 heteroatoms. The van der Waals surface area contributed by atoms with E-state index in [2.05, 4.69) is 49.6 Å². The van der Waals surface area contributed by atoms with Crippen molar-refractivity contribution in [2.75, 3.05) is 13.2 Å². The van der Waals surface area contributed by atoms with Crippen molar-refractivity contribution in [2.24, 2.45) is 0 Å². The van der Waals surface area contributed by atoms with Crippen LogP contribution in [-0.2, 0) is 9.47 Å². The van der Waals surface area contributed by atoms with E-state index in [-0.39, 0.29) is 47.9 Å². The Kier molecular flexibility index (Phi) is 10.9. The summed E-state index contributed by atoms with van der Waals surface area (Å²) in [7, 11) is 0. The summed E-state index contributed by atoms with van der Waals surface area (Å²) in [6.45, 7) is 10.5. The Morgan fingerprint density at radius 2 is 1.38 bits per heavy atom. The zero-order valence-electron chi connectivity index (χ0n) is 28.8. The SMILES string of the molecule is C=CCOC(=O)c1csc([C@@H](C)NC(=O)c2csc([C@@H](C)NC(=O)c3nc(C(C)NC(=O)OCC4c5ccccc5-c5ccccc54)oc3C)n2)n1. The van der Waals surface area contributed by atoms with Crippen molar-refractivity contribution in [1.29, 1.82) is 0 Å². The van der Waals surface area contributed by atoms with E-state index in [4.69, 9.17) is 13.9 Å². The van der Waals surface area contributed by atoms with Crippen molar-refractivity contribution in [3.63, 3.8) is 0 Å². The Bertz CT molecular complexity index is 2090. The Balaban J connectivity index is 1.01. The highest BCUT2D eigenvalue weighted by atomic mass is 32.1. The number of esters is 1. The van der Waals surface area contributed by atoms with Crippen molar-refractivity contribution in [3.8, 4) is 11.1 Å². The van der Waals surface area contributed by atoms with Gasteiger partial charge in [-0.05, 0) is 49.9 Å².